The van der Waals surface area contributed by atoms with Gasteiger partial charge in [-0.2, -0.15) is 11.8 Å². The third-order valence-electron chi connectivity index (χ3n) is 4.02. The first-order chi connectivity index (χ1) is 11.0. The molecule has 2 amide bonds. The first-order valence-corrected chi connectivity index (χ1v) is 9.03. The van der Waals surface area contributed by atoms with Crippen LogP contribution in [0.15, 0.2) is 24.3 Å². The van der Waals surface area contributed by atoms with Gasteiger partial charge in [-0.3, -0.25) is 9.59 Å². The van der Waals surface area contributed by atoms with Gasteiger partial charge in [0.05, 0.1) is 12.6 Å². The standard InChI is InChI=1S/C17H25N3O2S/c1-11(2)16(18)17(22)20-10-15(21)19-9-14-13-6-4-3-5-12(13)7-8-23-14/h3-6,11,14,16H,7-10,18H2,1-2H3,(H,19,21)(H,20,22)/t14?,16-/m0/s1. The van der Waals surface area contributed by atoms with Gasteiger partial charge < -0.3 is 16.4 Å². The molecule has 126 valence electrons. The summed E-state index contributed by atoms with van der Waals surface area (Å²) < 4.78 is 0. The molecule has 4 N–H and O–H groups in total. The minimum absolute atomic E-state index is 0.0295. The zero-order chi connectivity index (χ0) is 16.8. The number of rotatable bonds is 6. The summed E-state index contributed by atoms with van der Waals surface area (Å²) in [5.41, 5.74) is 8.41. The maximum Gasteiger partial charge on any atom is 0.239 e. The summed E-state index contributed by atoms with van der Waals surface area (Å²) in [5.74, 6) is 0.649. The van der Waals surface area contributed by atoms with E-state index in [0.717, 1.165) is 12.2 Å². The van der Waals surface area contributed by atoms with Crippen LogP contribution in [0.3, 0.4) is 0 Å². The quantitative estimate of drug-likeness (QED) is 0.730. The van der Waals surface area contributed by atoms with Crippen molar-refractivity contribution < 1.29 is 9.59 Å². The van der Waals surface area contributed by atoms with Crippen LogP contribution in [0.4, 0.5) is 0 Å². The molecule has 0 aromatic heterocycles. The number of nitrogens with one attached hydrogen (secondary N) is 2. The fourth-order valence-corrected chi connectivity index (χ4v) is 3.74. The van der Waals surface area contributed by atoms with Crippen LogP contribution < -0.4 is 16.4 Å². The number of hydrogen-bond donors (Lipinski definition) is 3. The molecule has 0 aliphatic carbocycles. The van der Waals surface area contributed by atoms with Gasteiger partial charge in [0.2, 0.25) is 11.8 Å². The average molecular weight is 335 g/mol. The first-order valence-electron chi connectivity index (χ1n) is 7.98. The summed E-state index contributed by atoms with van der Waals surface area (Å²) in [4.78, 5) is 23.7. The number of amides is 2. The van der Waals surface area contributed by atoms with Crippen molar-refractivity contribution in [3.05, 3.63) is 35.4 Å². The second kappa shape index (κ2) is 8.36. The van der Waals surface area contributed by atoms with Crippen molar-refractivity contribution in [2.45, 2.75) is 31.6 Å². The molecule has 23 heavy (non-hydrogen) atoms. The van der Waals surface area contributed by atoms with Crippen LogP contribution in [0.25, 0.3) is 0 Å². The smallest absolute Gasteiger partial charge is 0.239 e. The van der Waals surface area contributed by atoms with E-state index in [1.807, 2.05) is 31.7 Å². The van der Waals surface area contributed by atoms with Crippen molar-refractivity contribution >= 4 is 23.6 Å². The highest BCUT2D eigenvalue weighted by Gasteiger charge is 2.21. The summed E-state index contributed by atoms with van der Waals surface area (Å²) >= 11 is 1.86. The Morgan fingerprint density at radius 2 is 2.04 bits per heavy atom. The molecule has 0 bridgehead atoms. The number of carbonyl (C=O) groups is 2. The number of thioether (sulfide) groups is 1. The molecule has 1 aliphatic heterocycles. The molecule has 1 heterocycles. The molecule has 0 spiro atoms. The summed E-state index contributed by atoms with van der Waals surface area (Å²) in [6.45, 7) is 4.30. The molecule has 0 saturated carbocycles. The van der Waals surface area contributed by atoms with E-state index >= 15 is 0 Å². The number of benzene rings is 1. The molecule has 5 nitrogen and oxygen atoms in total. The number of aryl methyl sites for hydroxylation is 1. The SMILES string of the molecule is CC(C)[C@H](N)C(=O)NCC(=O)NCC1SCCc2ccccc21. The van der Waals surface area contributed by atoms with Crippen LogP contribution in [0, 0.1) is 5.92 Å². The second-order valence-corrected chi connectivity index (χ2v) is 7.41. The summed E-state index contributed by atoms with van der Waals surface area (Å²) in [7, 11) is 0. The number of carbonyl (C=O) groups excluding carboxylic acids is 2. The van der Waals surface area contributed by atoms with Crippen LogP contribution in [0.5, 0.6) is 0 Å². The van der Waals surface area contributed by atoms with E-state index in [2.05, 4.69) is 28.8 Å². The van der Waals surface area contributed by atoms with E-state index in [-0.39, 0.29) is 29.5 Å². The summed E-state index contributed by atoms with van der Waals surface area (Å²) in [6, 6.07) is 7.79. The lowest BCUT2D eigenvalue weighted by Gasteiger charge is -2.25. The molecule has 1 aromatic carbocycles. The monoisotopic (exact) mass is 335 g/mol. The summed E-state index contributed by atoms with van der Waals surface area (Å²) in [5, 5.41) is 5.76. The maximum absolute atomic E-state index is 11.9. The molecular weight excluding hydrogens is 310 g/mol. The molecule has 0 fully saturated rings. The Balaban J connectivity index is 1.78. The normalized spacial score (nSPS) is 18.2. The van der Waals surface area contributed by atoms with E-state index in [1.54, 1.807) is 0 Å². The molecule has 1 aliphatic rings. The third-order valence-corrected chi connectivity index (χ3v) is 5.28. The molecule has 0 saturated heterocycles. The largest absolute Gasteiger partial charge is 0.353 e. The van der Waals surface area contributed by atoms with Gasteiger partial charge in [0.25, 0.3) is 0 Å². The minimum atomic E-state index is -0.580. The molecule has 2 atom stereocenters. The molecule has 1 aromatic rings. The van der Waals surface area contributed by atoms with Gasteiger partial charge >= 0.3 is 0 Å². The van der Waals surface area contributed by atoms with Crippen molar-refractivity contribution in [1.82, 2.24) is 10.6 Å². The van der Waals surface area contributed by atoms with Gasteiger partial charge in [-0.25, -0.2) is 0 Å². The number of nitrogens with two attached hydrogens (primary N) is 1. The Hall–Kier alpha value is -1.53. The molecule has 1 unspecified atom stereocenters. The van der Waals surface area contributed by atoms with Crippen LogP contribution in [-0.2, 0) is 16.0 Å². The zero-order valence-electron chi connectivity index (χ0n) is 13.7. The number of hydrogen-bond acceptors (Lipinski definition) is 4. The Bertz CT molecular complexity index is 563. The first kappa shape index (κ1) is 17.8. The highest BCUT2D eigenvalue weighted by Crippen LogP contribution is 2.35. The van der Waals surface area contributed by atoms with Crippen LogP contribution >= 0.6 is 11.8 Å². The van der Waals surface area contributed by atoms with Crippen molar-refractivity contribution in [2.75, 3.05) is 18.8 Å². The van der Waals surface area contributed by atoms with Crippen LogP contribution in [0.1, 0.15) is 30.2 Å². The predicted molar refractivity (Wildman–Crippen MR) is 94.2 cm³/mol. The van der Waals surface area contributed by atoms with E-state index < -0.39 is 6.04 Å². The molecule has 0 radical (unpaired) electrons. The molecule has 2 rings (SSSR count). The highest BCUT2D eigenvalue weighted by atomic mass is 32.2. The van der Waals surface area contributed by atoms with Crippen LogP contribution in [0.2, 0.25) is 0 Å². The van der Waals surface area contributed by atoms with Crippen molar-refractivity contribution in [1.29, 1.82) is 0 Å². The van der Waals surface area contributed by atoms with Gasteiger partial charge in [0, 0.05) is 11.8 Å². The Kier molecular flexibility index (Phi) is 6.47. The van der Waals surface area contributed by atoms with Crippen LogP contribution in [-0.4, -0.2) is 36.7 Å². The zero-order valence-corrected chi connectivity index (χ0v) is 14.5. The lowest BCUT2D eigenvalue weighted by atomic mass is 10.0. The van der Waals surface area contributed by atoms with Gasteiger partial charge in [-0.15, -0.1) is 0 Å². The fraction of sp³-hybridized carbons (Fsp3) is 0.529. The Labute approximate surface area is 141 Å². The van der Waals surface area contributed by atoms with Crippen molar-refractivity contribution in [2.24, 2.45) is 11.7 Å². The predicted octanol–water partition coefficient (Wildman–Crippen LogP) is 1.23. The van der Waals surface area contributed by atoms with Gasteiger partial charge in [-0.05, 0) is 29.2 Å². The third kappa shape index (κ3) is 4.97. The topological polar surface area (TPSA) is 84.2 Å². The van der Waals surface area contributed by atoms with Gasteiger partial charge in [0.1, 0.15) is 0 Å². The lowest BCUT2D eigenvalue weighted by Crippen LogP contribution is -2.47. The Morgan fingerprint density at radius 3 is 2.78 bits per heavy atom. The van der Waals surface area contributed by atoms with Crippen molar-refractivity contribution in [3.8, 4) is 0 Å². The van der Waals surface area contributed by atoms with E-state index in [0.29, 0.717) is 6.54 Å². The van der Waals surface area contributed by atoms with E-state index in [4.69, 9.17) is 5.73 Å². The van der Waals surface area contributed by atoms with Crippen molar-refractivity contribution in [3.63, 3.8) is 0 Å². The lowest BCUT2D eigenvalue weighted by molar-refractivity contribution is -0.127. The maximum atomic E-state index is 11.9. The average Bonchev–Trinajstić information content (AvgIpc) is 2.56. The van der Waals surface area contributed by atoms with E-state index in [1.165, 1.54) is 11.1 Å². The Morgan fingerprint density at radius 1 is 1.30 bits per heavy atom. The number of fused-ring (bicyclic) bond motifs is 1. The minimum Gasteiger partial charge on any atom is -0.353 e. The molecular formula is C17H25N3O2S. The second-order valence-electron chi connectivity index (χ2n) is 6.10. The van der Waals surface area contributed by atoms with Gasteiger partial charge in [0.15, 0.2) is 0 Å². The molecule has 6 heteroatoms. The summed E-state index contributed by atoms with van der Waals surface area (Å²) in [6.07, 6.45) is 1.08. The fourth-order valence-electron chi connectivity index (χ4n) is 2.50. The van der Waals surface area contributed by atoms with E-state index in [9.17, 15) is 9.59 Å². The highest BCUT2D eigenvalue weighted by molar-refractivity contribution is 7.99. The van der Waals surface area contributed by atoms with Gasteiger partial charge in [-0.1, -0.05) is 38.1 Å².